The van der Waals surface area contributed by atoms with Gasteiger partial charge < -0.3 is 5.73 Å². The molecule has 0 radical (unpaired) electrons. The van der Waals surface area contributed by atoms with E-state index in [-0.39, 0.29) is 0 Å². The second-order valence-electron chi connectivity index (χ2n) is 3.02. The topological polar surface area (TPSA) is 43.8 Å². The van der Waals surface area contributed by atoms with Crippen LogP contribution >= 0.6 is 11.8 Å². The third kappa shape index (κ3) is 2.09. The fourth-order valence-corrected chi connectivity index (χ4v) is 1.97. The van der Waals surface area contributed by atoms with Crippen LogP contribution in [0.3, 0.4) is 0 Å². The Kier molecular flexibility index (Phi) is 2.45. The van der Waals surface area contributed by atoms with Crippen molar-refractivity contribution in [2.24, 2.45) is 7.05 Å². The number of aryl methyl sites for hydroxylation is 1. The van der Waals surface area contributed by atoms with Gasteiger partial charge in [0, 0.05) is 23.8 Å². The van der Waals surface area contributed by atoms with E-state index >= 15 is 0 Å². The van der Waals surface area contributed by atoms with Crippen LogP contribution in [0, 0.1) is 0 Å². The molecule has 14 heavy (non-hydrogen) atoms. The van der Waals surface area contributed by atoms with Crippen LogP contribution in [-0.4, -0.2) is 9.78 Å². The standard InChI is InChI=1S/C10H11N3S/c1-13-7-10(6-12-13)14-9-4-2-8(11)3-5-9/h2-7H,11H2,1H3. The maximum atomic E-state index is 5.60. The number of hydrogen-bond acceptors (Lipinski definition) is 3. The van der Waals surface area contributed by atoms with Crippen molar-refractivity contribution >= 4 is 17.4 Å². The summed E-state index contributed by atoms with van der Waals surface area (Å²) < 4.78 is 1.79. The lowest BCUT2D eigenvalue weighted by atomic mass is 10.3. The lowest BCUT2D eigenvalue weighted by Gasteiger charge is -1.98. The van der Waals surface area contributed by atoms with Gasteiger partial charge in [0.25, 0.3) is 0 Å². The summed E-state index contributed by atoms with van der Waals surface area (Å²) in [5.41, 5.74) is 6.39. The molecular formula is C10H11N3S. The SMILES string of the molecule is Cn1cc(Sc2ccc(N)cc2)cn1. The predicted octanol–water partition coefficient (Wildman–Crippen LogP) is 2.15. The van der Waals surface area contributed by atoms with E-state index < -0.39 is 0 Å². The largest absolute Gasteiger partial charge is 0.399 e. The Balaban J connectivity index is 2.15. The molecule has 0 aliphatic carbocycles. The Labute approximate surface area is 86.9 Å². The van der Waals surface area contributed by atoms with Crippen LogP contribution in [0.2, 0.25) is 0 Å². The number of nitrogen functional groups attached to an aromatic ring is 1. The highest BCUT2D eigenvalue weighted by atomic mass is 32.2. The Bertz CT molecular complexity index is 419. The Hall–Kier alpha value is -1.42. The average molecular weight is 205 g/mol. The maximum Gasteiger partial charge on any atom is 0.0629 e. The van der Waals surface area contributed by atoms with Crippen molar-refractivity contribution in [3.8, 4) is 0 Å². The van der Waals surface area contributed by atoms with Crippen LogP contribution in [0.4, 0.5) is 5.69 Å². The van der Waals surface area contributed by atoms with E-state index in [0.717, 1.165) is 10.6 Å². The minimum Gasteiger partial charge on any atom is -0.399 e. The quantitative estimate of drug-likeness (QED) is 0.764. The van der Waals surface area contributed by atoms with E-state index in [0.29, 0.717) is 0 Å². The molecule has 0 unspecified atom stereocenters. The maximum absolute atomic E-state index is 5.60. The predicted molar refractivity (Wildman–Crippen MR) is 58.2 cm³/mol. The van der Waals surface area contributed by atoms with E-state index in [9.17, 15) is 0 Å². The van der Waals surface area contributed by atoms with Crippen LogP contribution in [-0.2, 0) is 7.05 Å². The molecule has 0 amide bonds. The van der Waals surface area contributed by atoms with E-state index in [1.54, 1.807) is 16.4 Å². The first-order chi connectivity index (χ1) is 6.74. The molecule has 0 aliphatic rings. The van der Waals surface area contributed by atoms with Gasteiger partial charge >= 0.3 is 0 Å². The molecule has 0 bridgehead atoms. The number of rotatable bonds is 2. The molecule has 2 aromatic rings. The molecule has 0 fully saturated rings. The zero-order valence-corrected chi connectivity index (χ0v) is 8.66. The van der Waals surface area contributed by atoms with Gasteiger partial charge in [0.05, 0.1) is 11.1 Å². The molecule has 3 nitrogen and oxygen atoms in total. The number of aromatic nitrogens is 2. The normalized spacial score (nSPS) is 10.4. The second kappa shape index (κ2) is 3.75. The van der Waals surface area contributed by atoms with Crippen molar-refractivity contribution in [2.75, 3.05) is 5.73 Å². The molecule has 0 spiro atoms. The first-order valence-corrected chi connectivity index (χ1v) is 5.08. The molecule has 4 heteroatoms. The van der Waals surface area contributed by atoms with Gasteiger partial charge in [-0.2, -0.15) is 5.10 Å². The van der Waals surface area contributed by atoms with Crippen LogP contribution in [0.25, 0.3) is 0 Å². The first kappa shape index (κ1) is 9.15. The molecule has 72 valence electrons. The van der Waals surface area contributed by atoms with Crippen LogP contribution in [0.1, 0.15) is 0 Å². The number of nitrogens with two attached hydrogens (primary N) is 1. The van der Waals surface area contributed by atoms with Gasteiger partial charge in [-0.25, -0.2) is 0 Å². The number of anilines is 1. The average Bonchev–Trinajstić information content (AvgIpc) is 2.56. The van der Waals surface area contributed by atoms with E-state index in [2.05, 4.69) is 5.10 Å². The summed E-state index contributed by atoms with van der Waals surface area (Å²) in [7, 11) is 1.91. The molecule has 0 atom stereocenters. The minimum absolute atomic E-state index is 0.792. The lowest BCUT2D eigenvalue weighted by molar-refractivity contribution is 0.766. The third-order valence-corrected chi connectivity index (χ3v) is 2.75. The smallest absolute Gasteiger partial charge is 0.0629 e. The molecule has 1 aromatic heterocycles. The lowest BCUT2D eigenvalue weighted by Crippen LogP contribution is -1.84. The molecule has 2 rings (SSSR count). The van der Waals surface area contributed by atoms with Gasteiger partial charge in [-0.3, -0.25) is 4.68 Å². The number of benzene rings is 1. The van der Waals surface area contributed by atoms with Crippen molar-refractivity contribution in [1.82, 2.24) is 9.78 Å². The fourth-order valence-electron chi connectivity index (χ4n) is 1.12. The zero-order valence-electron chi connectivity index (χ0n) is 7.84. The van der Waals surface area contributed by atoms with Crippen molar-refractivity contribution in [1.29, 1.82) is 0 Å². The van der Waals surface area contributed by atoms with Gasteiger partial charge in [-0.05, 0) is 24.3 Å². The Morgan fingerprint density at radius 3 is 2.50 bits per heavy atom. The summed E-state index contributed by atoms with van der Waals surface area (Å²) >= 11 is 1.68. The number of nitrogens with zero attached hydrogens (tertiary/aromatic N) is 2. The molecule has 1 aromatic carbocycles. The Morgan fingerprint density at radius 2 is 1.93 bits per heavy atom. The molecular weight excluding hydrogens is 194 g/mol. The van der Waals surface area contributed by atoms with E-state index in [1.807, 2.05) is 43.7 Å². The van der Waals surface area contributed by atoms with Crippen molar-refractivity contribution in [3.05, 3.63) is 36.7 Å². The van der Waals surface area contributed by atoms with Gasteiger partial charge in [0.2, 0.25) is 0 Å². The highest BCUT2D eigenvalue weighted by Gasteiger charge is 1.98. The van der Waals surface area contributed by atoms with Crippen LogP contribution in [0.15, 0.2) is 46.5 Å². The Morgan fingerprint density at radius 1 is 1.21 bits per heavy atom. The van der Waals surface area contributed by atoms with Crippen molar-refractivity contribution in [3.63, 3.8) is 0 Å². The minimum atomic E-state index is 0.792. The summed E-state index contributed by atoms with van der Waals surface area (Å²) in [6.45, 7) is 0. The van der Waals surface area contributed by atoms with Crippen molar-refractivity contribution in [2.45, 2.75) is 9.79 Å². The van der Waals surface area contributed by atoms with Crippen molar-refractivity contribution < 1.29 is 0 Å². The third-order valence-electron chi connectivity index (χ3n) is 1.80. The van der Waals surface area contributed by atoms with Crippen LogP contribution in [0.5, 0.6) is 0 Å². The van der Waals surface area contributed by atoms with Gasteiger partial charge in [-0.1, -0.05) is 11.8 Å². The molecule has 0 saturated heterocycles. The molecule has 1 heterocycles. The summed E-state index contributed by atoms with van der Waals surface area (Å²) in [5, 5.41) is 4.10. The summed E-state index contributed by atoms with van der Waals surface area (Å²) in [5.74, 6) is 0. The monoisotopic (exact) mass is 205 g/mol. The summed E-state index contributed by atoms with van der Waals surface area (Å²) in [6, 6.07) is 7.82. The van der Waals surface area contributed by atoms with Gasteiger partial charge in [-0.15, -0.1) is 0 Å². The van der Waals surface area contributed by atoms with E-state index in [1.165, 1.54) is 4.90 Å². The summed E-state index contributed by atoms with van der Waals surface area (Å²) in [6.07, 6.45) is 3.84. The fraction of sp³-hybridized carbons (Fsp3) is 0.100. The van der Waals surface area contributed by atoms with E-state index in [4.69, 9.17) is 5.73 Å². The zero-order chi connectivity index (χ0) is 9.97. The first-order valence-electron chi connectivity index (χ1n) is 4.26. The summed E-state index contributed by atoms with van der Waals surface area (Å²) in [4.78, 5) is 2.31. The molecule has 2 N–H and O–H groups in total. The van der Waals surface area contributed by atoms with Gasteiger partial charge in [0.15, 0.2) is 0 Å². The number of hydrogen-bond donors (Lipinski definition) is 1. The highest BCUT2D eigenvalue weighted by molar-refractivity contribution is 7.99. The van der Waals surface area contributed by atoms with Gasteiger partial charge in [0.1, 0.15) is 0 Å². The molecule has 0 saturated carbocycles. The molecule has 0 aliphatic heterocycles. The second-order valence-corrected chi connectivity index (χ2v) is 4.17. The van der Waals surface area contributed by atoms with Crippen LogP contribution < -0.4 is 5.73 Å². The highest BCUT2D eigenvalue weighted by Crippen LogP contribution is 2.27.